The molecule has 4 heteroatoms. The maximum absolute atomic E-state index is 11.1. The summed E-state index contributed by atoms with van der Waals surface area (Å²) < 4.78 is 9.91. The number of carbonyl (C=O) groups excluding carboxylic acids is 1. The lowest BCUT2D eigenvalue weighted by Crippen LogP contribution is -2.06. The minimum Gasteiger partial charge on any atom is -0.481 e. The molecule has 0 unspecified atom stereocenters. The third-order valence-corrected chi connectivity index (χ3v) is 1.95. The summed E-state index contributed by atoms with van der Waals surface area (Å²) in [6.07, 6.45) is 2.61. The molecule has 0 aliphatic carbocycles. The molecule has 0 radical (unpaired) electrons. The third kappa shape index (κ3) is 3.58. The highest BCUT2D eigenvalue weighted by Crippen LogP contribution is 2.15. The Kier molecular flexibility index (Phi) is 4.60. The van der Waals surface area contributed by atoms with Crippen molar-refractivity contribution in [3.63, 3.8) is 0 Å². The van der Waals surface area contributed by atoms with Crippen LogP contribution in [0.4, 0.5) is 0 Å². The van der Waals surface area contributed by atoms with Gasteiger partial charge in [-0.15, -0.1) is 0 Å². The maximum Gasteiger partial charge on any atom is 0.306 e. The predicted molar refractivity (Wildman–Crippen MR) is 55.7 cm³/mol. The van der Waals surface area contributed by atoms with Crippen molar-refractivity contribution in [2.24, 2.45) is 0 Å². The second kappa shape index (κ2) is 6.01. The Morgan fingerprint density at radius 2 is 2.33 bits per heavy atom. The van der Waals surface area contributed by atoms with Crippen molar-refractivity contribution in [2.45, 2.75) is 19.8 Å². The van der Waals surface area contributed by atoms with E-state index < -0.39 is 0 Å². The number of methoxy groups -OCH3 is 1. The fourth-order valence-electron chi connectivity index (χ4n) is 1.27. The Morgan fingerprint density at radius 3 is 3.00 bits per heavy atom. The number of aromatic nitrogens is 1. The first-order valence-electron chi connectivity index (χ1n) is 4.91. The highest BCUT2D eigenvalue weighted by atomic mass is 16.5. The molecule has 0 aromatic carbocycles. The van der Waals surface area contributed by atoms with Gasteiger partial charge in [-0.3, -0.25) is 4.79 Å². The van der Waals surface area contributed by atoms with Crippen LogP contribution in [0.2, 0.25) is 0 Å². The maximum atomic E-state index is 11.1. The van der Waals surface area contributed by atoms with Crippen LogP contribution in [0, 0.1) is 0 Å². The zero-order valence-electron chi connectivity index (χ0n) is 9.03. The molecule has 1 rings (SSSR count). The molecule has 0 N–H and O–H groups in total. The van der Waals surface area contributed by atoms with Crippen molar-refractivity contribution in [3.8, 4) is 5.88 Å². The summed E-state index contributed by atoms with van der Waals surface area (Å²) >= 11 is 0. The molecular formula is C11H15NO3. The van der Waals surface area contributed by atoms with Crippen molar-refractivity contribution in [1.29, 1.82) is 0 Å². The summed E-state index contributed by atoms with van der Waals surface area (Å²) in [7, 11) is 1.57. The van der Waals surface area contributed by atoms with Gasteiger partial charge < -0.3 is 9.47 Å². The minimum absolute atomic E-state index is 0.191. The molecule has 0 bridgehead atoms. The van der Waals surface area contributed by atoms with Crippen LogP contribution in [-0.2, 0) is 16.0 Å². The molecule has 0 aliphatic rings. The van der Waals surface area contributed by atoms with Crippen LogP contribution in [0.25, 0.3) is 0 Å². The van der Waals surface area contributed by atoms with Gasteiger partial charge >= 0.3 is 5.97 Å². The van der Waals surface area contributed by atoms with Crippen LogP contribution < -0.4 is 4.74 Å². The van der Waals surface area contributed by atoms with Gasteiger partial charge in [0.25, 0.3) is 0 Å². The van der Waals surface area contributed by atoms with E-state index in [-0.39, 0.29) is 5.97 Å². The van der Waals surface area contributed by atoms with E-state index in [1.807, 2.05) is 12.1 Å². The fourth-order valence-corrected chi connectivity index (χ4v) is 1.27. The number of carbonyl (C=O) groups is 1. The standard InChI is InChI=1S/C11H15NO3/c1-3-15-10(13)7-6-9-5-4-8-12-11(9)14-2/h4-5,8H,3,6-7H2,1-2H3. The summed E-state index contributed by atoms with van der Waals surface area (Å²) in [4.78, 5) is 15.2. The van der Waals surface area contributed by atoms with Crippen molar-refractivity contribution >= 4 is 5.97 Å². The van der Waals surface area contributed by atoms with Crippen molar-refractivity contribution < 1.29 is 14.3 Å². The van der Waals surface area contributed by atoms with E-state index >= 15 is 0 Å². The van der Waals surface area contributed by atoms with Gasteiger partial charge in [-0.2, -0.15) is 0 Å². The van der Waals surface area contributed by atoms with E-state index in [0.717, 1.165) is 5.56 Å². The summed E-state index contributed by atoms with van der Waals surface area (Å²) in [6.45, 7) is 2.21. The molecule has 0 fully saturated rings. The van der Waals surface area contributed by atoms with Crippen LogP contribution >= 0.6 is 0 Å². The topological polar surface area (TPSA) is 48.4 Å². The van der Waals surface area contributed by atoms with E-state index in [1.165, 1.54) is 0 Å². The van der Waals surface area contributed by atoms with Gasteiger partial charge in [0.2, 0.25) is 5.88 Å². The quantitative estimate of drug-likeness (QED) is 0.691. The van der Waals surface area contributed by atoms with Gasteiger partial charge in [0, 0.05) is 18.2 Å². The van der Waals surface area contributed by atoms with Gasteiger partial charge in [-0.05, 0) is 19.4 Å². The molecule has 1 aromatic rings. The molecule has 0 atom stereocenters. The lowest BCUT2D eigenvalue weighted by Gasteiger charge is -2.06. The number of esters is 1. The molecule has 0 saturated carbocycles. The van der Waals surface area contributed by atoms with Crippen LogP contribution in [0.15, 0.2) is 18.3 Å². The van der Waals surface area contributed by atoms with E-state index in [4.69, 9.17) is 9.47 Å². The summed E-state index contributed by atoms with van der Waals surface area (Å²) in [5.41, 5.74) is 0.924. The number of pyridine rings is 1. The van der Waals surface area contributed by atoms with Crippen molar-refractivity contribution in [2.75, 3.05) is 13.7 Å². The van der Waals surface area contributed by atoms with Crippen LogP contribution in [0.3, 0.4) is 0 Å². The number of rotatable bonds is 5. The van der Waals surface area contributed by atoms with E-state index in [0.29, 0.717) is 25.3 Å². The van der Waals surface area contributed by atoms with E-state index in [9.17, 15) is 4.79 Å². The first-order valence-corrected chi connectivity index (χ1v) is 4.91. The molecule has 4 nitrogen and oxygen atoms in total. The number of ether oxygens (including phenoxy) is 2. The zero-order chi connectivity index (χ0) is 11.1. The molecule has 15 heavy (non-hydrogen) atoms. The molecule has 0 aliphatic heterocycles. The molecule has 0 spiro atoms. The summed E-state index contributed by atoms with van der Waals surface area (Å²) in [6, 6.07) is 3.72. The summed E-state index contributed by atoms with van der Waals surface area (Å²) in [5.74, 6) is 0.380. The average Bonchev–Trinajstić information content (AvgIpc) is 2.27. The lowest BCUT2D eigenvalue weighted by atomic mass is 10.1. The Labute approximate surface area is 89.2 Å². The van der Waals surface area contributed by atoms with Crippen LogP contribution in [-0.4, -0.2) is 24.7 Å². The highest BCUT2D eigenvalue weighted by Gasteiger charge is 2.07. The second-order valence-corrected chi connectivity index (χ2v) is 2.98. The molecule has 82 valence electrons. The van der Waals surface area contributed by atoms with Crippen molar-refractivity contribution in [1.82, 2.24) is 4.98 Å². The fraction of sp³-hybridized carbons (Fsp3) is 0.455. The normalized spacial score (nSPS) is 9.73. The Hall–Kier alpha value is -1.58. The van der Waals surface area contributed by atoms with Gasteiger partial charge in [0.15, 0.2) is 0 Å². The predicted octanol–water partition coefficient (Wildman–Crippen LogP) is 1.59. The molecule has 1 aromatic heterocycles. The van der Waals surface area contributed by atoms with Crippen LogP contribution in [0.5, 0.6) is 5.88 Å². The number of hydrogen-bond acceptors (Lipinski definition) is 4. The van der Waals surface area contributed by atoms with E-state index in [1.54, 1.807) is 20.2 Å². The molecule has 0 saturated heterocycles. The first kappa shape index (κ1) is 11.5. The van der Waals surface area contributed by atoms with Gasteiger partial charge in [-0.1, -0.05) is 6.07 Å². The number of nitrogens with zero attached hydrogens (tertiary/aromatic N) is 1. The first-order chi connectivity index (χ1) is 7.27. The SMILES string of the molecule is CCOC(=O)CCc1cccnc1OC. The monoisotopic (exact) mass is 209 g/mol. The van der Waals surface area contributed by atoms with Gasteiger partial charge in [0.1, 0.15) is 0 Å². The smallest absolute Gasteiger partial charge is 0.306 e. The van der Waals surface area contributed by atoms with Crippen molar-refractivity contribution in [3.05, 3.63) is 23.9 Å². The number of aryl methyl sites for hydroxylation is 1. The Balaban J connectivity index is 2.53. The Bertz CT molecular complexity index is 325. The number of hydrogen-bond donors (Lipinski definition) is 0. The average molecular weight is 209 g/mol. The molecule has 1 heterocycles. The lowest BCUT2D eigenvalue weighted by molar-refractivity contribution is -0.143. The van der Waals surface area contributed by atoms with E-state index in [2.05, 4.69) is 4.98 Å². The third-order valence-electron chi connectivity index (χ3n) is 1.95. The Morgan fingerprint density at radius 1 is 1.53 bits per heavy atom. The van der Waals surface area contributed by atoms with Gasteiger partial charge in [0.05, 0.1) is 13.7 Å². The minimum atomic E-state index is -0.191. The molecular weight excluding hydrogens is 194 g/mol. The second-order valence-electron chi connectivity index (χ2n) is 2.98. The molecule has 0 amide bonds. The van der Waals surface area contributed by atoms with Gasteiger partial charge in [-0.25, -0.2) is 4.98 Å². The summed E-state index contributed by atoms with van der Waals surface area (Å²) in [5, 5.41) is 0. The van der Waals surface area contributed by atoms with Crippen LogP contribution in [0.1, 0.15) is 18.9 Å². The highest BCUT2D eigenvalue weighted by molar-refractivity contribution is 5.69. The largest absolute Gasteiger partial charge is 0.481 e. The zero-order valence-corrected chi connectivity index (χ0v) is 9.03.